The molecule has 1 aromatic rings. The van der Waals surface area contributed by atoms with Gasteiger partial charge in [-0.15, -0.1) is 0 Å². The van der Waals surface area contributed by atoms with E-state index in [1.807, 2.05) is 51.9 Å². The van der Waals surface area contributed by atoms with Crippen molar-refractivity contribution < 1.29 is 4.79 Å². The van der Waals surface area contributed by atoms with Gasteiger partial charge in [0.1, 0.15) is 0 Å². The van der Waals surface area contributed by atoms with Gasteiger partial charge in [-0.05, 0) is 18.2 Å². The summed E-state index contributed by atoms with van der Waals surface area (Å²) in [5.74, 6) is 0.111. The SMILES string of the molecule is CN(C)c1ccc(C(=O)C(C)(C)C)cc1Cl. The van der Waals surface area contributed by atoms with Crippen LogP contribution in [0.2, 0.25) is 5.02 Å². The Labute approximate surface area is 102 Å². The number of anilines is 1. The quantitative estimate of drug-likeness (QED) is 0.735. The smallest absolute Gasteiger partial charge is 0.168 e. The van der Waals surface area contributed by atoms with Crippen LogP contribution in [-0.2, 0) is 0 Å². The van der Waals surface area contributed by atoms with Crippen molar-refractivity contribution in [2.75, 3.05) is 19.0 Å². The third-order valence-electron chi connectivity index (χ3n) is 2.37. The second kappa shape index (κ2) is 4.46. The van der Waals surface area contributed by atoms with E-state index in [4.69, 9.17) is 11.6 Å². The standard InChI is InChI=1S/C13H18ClNO/c1-13(2,3)12(16)9-6-7-11(15(4)5)10(14)8-9/h6-8H,1-5H3. The first kappa shape index (κ1) is 13.0. The molecular weight excluding hydrogens is 222 g/mol. The molecule has 0 aromatic heterocycles. The third kappa shape index (κ3) is 2.76. The Morgan fingerprint density at radius 1 is 1.25 bits per heavy atom. The van der Waals surface area contributed by atoms with Gasteiger partial charge in [0, 0.05) is 25.1 Å². The first-order valence-corrected chi connectivity index (χ1v) is 5.63. The van der Waals surface area contributed by atoms with Crippen molar-refractivity contribution in [2.45, 2.75) is 20.8 Å². The first-order chi connectivity index (χ1) is 7.23. The molecule has 0 atom stereocenters. The van der Waals surface area contributed by atoms with Crippen LogP contribution in [0.5, 0.6) is 0 Å². The molecular formula is C13H18ClNO. The van der Waals surface area contributed by atoms with Crippen LogP contribution >= 0.6 is 11.6 Å². The molecule has 0 aliphatic heterocycles. The van der Waals surface area contributed by atoms with E-state index < -0.39 is 0 Å². The van der Waals surface area contributed by atoms with Crippen molar-refractivity contribution in [1.82, 2.24) is 0 Å². The van der Waals surface area contributed by atoms with Gasteiger partial charge >= 0.3 is 0 Å². The molecule has 0 fully saturated rings. The van der Waals surface area contributed by atoms with Crippen LogP contribution in [-0.4, -0.2) is 19.9 Å². The molecule has 0 aliphatic carbocycles. The van der Waals surface area contributed by atoms with E-state index in [-0.39, 0.29) is 11.2 Å². The van der Waals surface area contributed by atoms with Gasteiger partial charge in [0.05, 0.1) is 10.7 Å². The summed E-state index contributed by atoms with van der Waals surface area (Å²) in [5, 5.41) is 0.611. The molecule has 0 bridgehead atoms. The van der Waals surface area contributed by atoms with Gasteiger partial charge in [-0.3, -0.25) is 4.79 Å². The molecule has 0 saturated carbocycles. The molecule has 16 heavy (non-hydrogen) atoms. The molecule has 0 amide bonds. The van der Waals surface area contributed by atoms with Gasteiger partial charge in [-0.1, -0.05) is 32.4 Å². The number of benzene rings is 1. The van der Waals surface area contributed by atoms with Crippen LogP contribution in [0.15, 0.2) is 18.2 Å². The summed E-state index contributed by atoms with van der Waals surface area (Å²) in [7, 11) is 3.85. The number of rotatable bonds is 2. The number of nitrogens with zero attached hydrogens (tertiary/aromatic N) is 1. The zero-order valence-electron chi connectivity index (χ0n) is 10.5. The van der Waals surface area contributed by atoms with Crippen molar-refractivity contribution in [3.05, 3.63) is 28.8 Å². The summed E-state index contributed by atoms with van der Waals surface area (Å²) in [6.45, 7) is 5.72. The molecule has 0 heterocycles. The minimum absolute atomic E-state index is 0.111. The fraction of sp³-hybridized carbons (Fsp3) is 0.462. The number of halogens is 1. The molecule has 3 heteroatoms. The maximum atomic E-state index is 12.0. The lowest BCUT2D eigenvalue weighted by Crippen LogP contribution is -2.20. The summed E-state index contributed by atoms with van der Waals surface area (Å²) in [6.07, 6.45) is 0. The third-order valence-corrected chi connectivity index (χ3v) is 2.68. The molecule has 0 saturated heterocycles. The molecule has 0 radical (unpaired) electrons. The Morgan fingerprint density at radius 3 is 2.19 bits per heavy atom. The highest BCUT2D eigenvalue weighted by molar-refractivity contribution is 6.33. The predicted molar refractivity (Wildman–Crippen MR) is 69.6 cm³/mol. The minimum atomic E-state index is -0.372. The lowest BCUT2D eigenvalue weighted by molar-refractivity contribution is 0.0858. The van der Waals surface area contributed by atoms with Crippen molar-refractivity contribution in [2.24, 2.45) is 5.41 Å². The van der Waals surface area contributed by atoms with Crippen LogP contribution in [0.4, 0.5) is 5.69 Å². The van der Waals surface area contributed by atoms with Crippen LogP contribution in [0.1, 0.15) is 31.1 Å². The highest BCUT2D eigenvalue weighted by atomic mass is 35.5. The molecule has 2 nitrogen and oxygen atoms in total. The zero-order chi connectivity index (χ0) is 12.5. The van der Waals surface area contributed by atoms with Gasteiger partial charge < -0.3 is 4.90 Å². The van der Waals surface area contributed by atoms with E-state index in [0.29, 0.717) is 10.6 Å². The normalized spacial score (nSPS) is 11.4. The largest absolute Gasteiger partial charge is 0.376 e. The maximum Gasteiger partial charge on any atom is 0.168 e. The van der Waals surface area contributed by atoms with Gasteiger partial charge in [-0.2, -0.15) is 0 Å². The lowest BCUT2D eigenvalue weighted by atomic mass is 9.86. The van der Waals surface area contributed by atoms with Gasteiger partial charge in [-0.25, -0.2) is 0 Å². The van der Waals surface area contributed by atoms with Crippen molar-refractivity contribution in [1.29, 1.82) is 0 Å². The highest BCUT2D eigenvalue weighted by Gasteiger charge is 2.23. The molecule has 88 valence electrons. The van der Waals surface area contributed by atoms with Crippen LogP contribution in [0, 0.1) is 5.41 Å². The van der Waals surface area contributed by atoms with E-state index in [1.54, 1.807) is 6.07 Å². The van der Waals surface area contributed by atoms with Gasteiger partial charge in [0.2, 0.25) is 0 Å². The summed E-state index contributed by atoms with van der Waals surface area (Å²) in [5.41, 5.74) is 1.22. The zero-order valence-corrected chi connectivity index (χ0v) is 11.2. The van der Waals surface area contributed by atoms with Crippen LogP contribution in [0.25, 0.3) is 0 Å². The Hall–Kier alpha value is -1.02. The summed E-state index contributed by atoms with van der Waals surface area (Å²) in [6, 6.07) is 5.45. The first-order valence-electron chi connectivity index (χ1n) is 5.25. The average molecular weight is 240 g/mol. The van der Waals surface area contributed by atoms with Crippen LogP contribution in [0.3, 0.4) is 0 Å². The predicted octanol–water partition coefficient (Wildman–Crippen LogP) is 3.63. The van der Waals surface area contributed by atoms with E-state index in [9.17, 15) is 4.79 Å². The molecule has 0 unspecified atom stereocenters. The average Bonchev–Trinajstić information content (AvgIpc) is 2.14. The summed E-state index contributed by atoms with van der Waals surface area (Å²) >= 11 is 6.12. The van der Waals surface area contributed by atoms with Gasteiger partial charge in [0.15, 0.2) is 5.78 Å². The Morgan fingerprint density at radius 2 is 1.81 bits per heavy atom. The van der Waals surface area contributed by atoms with E-state index >= 15 is 0 Å². The Bertz CT molecular complexity index is 405. The van der Waals surface area contributed by atoms with Gasteiger partial charge in [0.25, 0.3) is 0 Å². The molecule has 1 rings (SSSR count). The number of hydrogen-bond acceptors (Lipinski definition) is 2. The lowest BCUT2D eigenvalue weighted by Gasteiger charge is -2.19. The topological polar surface area (TPSA) is 20.3 Å². The minimum Gasteiger partial charge on any atom is -0.376 e. The summed E-state index contributed by atoms with van der Waals surface area (Å²) < 4.78 is 0. The van der Waals surface area contributed by atoms with Crippen molar-refractivity contribution >= 4 is 23.1 Å². The molecule has 0 aliphatic rings. The second-order valence-corrected chi connectivity index (χ2v) is 5.55. The van der Waals surface area contributed by atoms with Crippen molar-refractivity contribution in [3.8, 4) is 0 Å². The van der Waals surface area contributed by atoms with Crippen LogP contribution < -0.4 is 4.90 Å². The number of Topliss-reactive ketones (excluding diaryl/α,β-unsaturated/α-hetero) is 1. The van der Waals surface area contributed by atoms with E-state index in [1.165, 1.54) is 0 Å². The fourth-order valence-corrected chi connectivity index (χ4v) is 1.79. The van der Waals surface area contributed by atoms with E-state index in [0.717, 1.165) is 5.69 Å². The Kier molecular flexibility index (Phi) is 3.64. The molecule has 0 N–H and O–H groups in total. The molecule has 0 spiro atoms. The van der Waals surface area contributed by atoms with Crippen molar-refractivity contribution in [3.63, 3.8) is 0 Å². The maximum absolute atomic E-state index is 12.0. The number of carbonyl (C=O) groups excluding carboxylic acids is 1. The highest BCUT2D eigenvalue weighted by Crippen LogP contribution is 2.28. The fourth-order valence-electron chi connectivity index (χ4n) is 1.44. The summed E-state index contributed by atoms with van der Waals surface area (Å²) in [4.78, 5) is 14.0. The molecule has 1 aromatic carbocycles. The Balaban J connectivity index is 3.12. The second-order valence-electron chi connectivity index (χ2n) is 5.14. The van der Waals surface area contributed by atoms with E-state index in [2.05, 4.69) is 0 Å². The number of hydrogen-bond donors (Lipinski definition) is 0. The number of ketones is 1. The monoisotopic (exact) mass is 239 g/mol. The number of carbonyl (C=O) groups is 1.